The first-order chi connectivity index (χ1) is 10.0. The molecule has 2 N–H and O–H groups in total. The standard InChI is InChI=1S/C14H17Cl2N3OS.ClH/c1-3-8(2)12(17)13-18-19-14(20-13)21-7-9-4-5-10(15)11(16)6-9;/h4-6,8,12H,3,7,17H2,1-2H3;1H/p-1/t8?,12-;/m0./s1. The molecule has 0 radical (unpaired) electrons. The number of rotatable bonds is 6. The number of nitrogens with zero attached hydrogens (tertiary/aromatic N) is 2. The van der Waals surface area contributed by atoms with Gasteiger partial charge in [-0.25, -0.2) is 0 Å². The molecule has 122 valence electrons. The molecule has 8 heteroatoms. The largest absolute Gasteiger partial charge is 1.00 e. The molecule has 2 rings (SSSR count). The molecule has 2 atom stereocenters. The predicted octanol–water partition coefficient (Wildman–Crippen LogP) is 1.72. The molecule has 1 heterocycles. The second-order valence-corrected chi connectivity index (χ2v) is 6.60. The lowest BCUT2D eigenvalue weighted by Crippen LogP contribution is -3.00. The van der Waals surface area contributed by atoms with Crippen LogP contribution in [0.4, 0.5) is 0 Å². The first-order valence-electron chi connectivity index (χ1n) is 6.67. The van der Waals surface area contributed by atoms with Crippen molar-refractivity contribution in [2.24, 2.45) is 11.7 Å². The smallest absolute Gasteiger partial charge is 0.276 e. The molecule has 0 saturated heterocycles. The molecule has 2 aromatic rings. The van der Waals surface area contributed by atoms with E-state index in [2.05, 4.69) is 24.0 Å². The second kappa shape index (κ2) is 8.99. The quantitative estimate of drug-likeness (QED) is 0.772. The first kappa shape index (κ1) is 19.6. The van der Waals surface area contributed by atoms with Gasteiger partial charge in [-0.05, 0) is 23.6 Å². The Morgan fingerprint density at radius 1 is 1.27 bits per heavy atom. The minimum absolute atomic E-state index is 0. The zero-order valence-corrected chi connectivity index (χ0v) is 15.3. The van der Waals surface area contributed by atoms with E-state index in [4.69, 9.17) is 33.4 Å². The molecule has 0 spiro atoms. The Bertz CT molecular complexity index is 609. The average Bonchev–Trinajstić information content (AvgIpc) is 2.95. The van der Waals surface area contributed by atoms with E-state index < -0.39 is 0 Å². The molecule has 22 heavy (non-hydrogen) atoms. The Kier molecular flexibility index (Phi) is 8.00. The highest BCUT2D eigenvalue weighted by Gasteiger charge is 2.19. The minimum Gasteiger partial charge on any atom is -1.00 e. The molecule has 0 bridgehead atoms. The van der Waals surface area contributed by atoms with E-state index in [-0.39, 0.29) is 18.4 Å². The molecule has 1 aromatic carbocycles. The summed E-state index contributed by atoms with van der Waals surface area (Å²) in [6.45, 7) is 4.15. The summed E-state index contributed by atoms with van der Waals surface area (Å²) in [6, 6.07) is 5.31. The van der Waals surface area contributed by atoms with E-state index in [1.54, 1.807) is 6.07 Å². The van der Waals surface area contributed by atoms with Crippen LogP contribution in [0.1, 0.15) is 37.8 Å². The number of aromatic nitrogens is 2. The fourth-order valence-electron chi connectivity index (χ4n) is 1.69. The van der Waals surface area contributed by atoms with Crippen molar-refractivity contribution in [3.63, 3.8) is 0 Å². The monoisotopic (exact) mass is 380 g/mol. The summed E-state index contributed by atoms with van der Waals surface area (Å²) in [5.41, 5.74) is 7.11. The van der Waals surface area contributed by atoms with Gasteiger partial charge in [0.15, 0.2) is 0 Å². The van der Waals surface area contributed by atoms with E-state index in [0.29, 0.717) is 32.8 Å². The Hall–Kier alpha value is -0.460. The molecular formula is C14H17Cl3N3OS-. The third-order valence-electron chi connectivity index (χ3n) is 3.31. The van der Waals surface area contributed by atoms with Crippen LogP contribution in [-0.2, 0) is 5.75 Å². The highest BCUT2D eigenvalue weighted by Crippen LogP contribution is 2.28. The summed E-state index contributed by atoms with van der Waals surface area (Å²) >= 11 is 13.3. The van der Waals surface area contributed by atoms with Crippen LogP contribution in [-0.4, -0.2) is 10.2 Å². The van der Waals surface area contributed by atoms with Gasteiger partial charge in [-0.15, -0.1) is 10.2 Å². The van der Waals surface area contributed by atoms with Gasteiger partial charge in [0.05, 0.1) is 16.1 Å². The molecule has 0 aliphatic carbocycles. The van der Waals surface area contributed by atoms with Crippen molar-refractivity contribution in [3.8, 4) is 0 Å². The van der Waals surface area contributed by atoms with Crippen LogP contribution >= 0.6 is 35.0 Å². The van der Waals surface area contributed by atoms with Gasteiger partial charge >= 0.3 is 0 Å². The van der Waals surface area contributed by atoms with Crippen LogP contribution < -0.4 is 18.1 Å². The van der Waals surface area contributed by atoms with Crippen molar-refractivity contribution >= 4 is 35.0 Å². The Labute approximate surface area is 150 Å². The topological polar surface area (TPSA) is 64.9 Å². The average molecular weight is 382 g/mol. The third kappa shape index (κ3) is 5.03. The normalized spacial score (nSPS) is 13.5. The summed E-state index contributed by atoms with van der Waals surface area (Å²) in [4.78, 5) is 0. The van der Waals surface area contributed by atoms with E-state index in [0.717, 1.165) is 12.0 Å². The van der Waals surface area contributed by atoms with Crippen LogP contribution in [0.25, 0.3) is 0 Å². The summed E-state index contributed by atoms with van der Waals surface area (Å²) in [5.74, 6) is 1.47. The molecule has 4 nitrogen and oxygen atoms in total. The fraction of sp³-hybridized carbons (Fsp3) is 0.429. The van der Waals surface area contributed by atoms with Crippen LogP contribution in [0.5, 0.6) is 0 Å². The Morgan fingerprint density at radius 3 is 2.64 bits per heavy atom. The van der Waals surface area contributed by atoms with Crippen molar-refractivity contribution < 1.29 is 16.8 Å². The van der Waals surface area contributed by atoms with Gasteiger partial charge in [0.25, 0.3) is 5.22 Å². The zero-order valence-electron chi connectivity index (χ0n) is 12.2. The van der Waals surface area contributed by atoms with Crippen molar-refractivity contribution in [2.75, 3.05) is 0 Å². The third-order valence-corrected chi connectivity index (χ3v) is 4.94. The van der Waals surface area contributed by atoms with Gasteiger partial charge in [0, 0.05) is 5.75 Å². The molecule has 0 saturated carbocycles. The summed E-state index contributed by atoms with van der Waals surface area (Å²) in [6.07, 6.45) is 0.968. The number of benzene rings is 1. The number of hydrogen-bond donors (Lipinski definition) is 1. The van der Waals surface area contributed by atoms with E-state index in [1.165, 1.54) is 11.8 Å². The van der Waals surface area contributed by atoms with E-state index in [9.17, 15) is 0 Å². The highest BCUT2D eigenvalue weighted by atomic mass is 35.5. The van der Waals surface area contributed by atoms with Crippen LogP contribution in [0.15, 0.2) is 27.8 Å². The molecule has 0 aliphatic heterocycles. The zero-order chi connectivity index (χ0) is 15.4. The molecule has 0 amide bonds. The maximum Gasteiger partial charge on any atom is 0.276 e. The van der Waals surface area contributed by atoms with Crippen LogP contribution in [0.3, 0.4) is 0 Å². The number of halogens is 3. The Balaban J connectivity index is 0.00000242. The van der Waals surface area contributed by atoms with Gasteiger partial charge < -0.3 is 22.6 Å². The van der Waals surface area contributed by atoms with Crippen molar-refractivity contribution in [2.45, 2.75) is 37.3 Å². The summed E-state index contributed by atoms with van der Waals surface area (Å²) in [5, 5.41) is 9.63. The van der Waals surface area contributed by atoms with Crippen molar-refractivity contribution in [1.29, 1.82) is 0 Å². The molecule has 1 aromatic heterocycles. The van der Waals surface area contributed by atoms with Gasteiger partial charge in [-0.2, -0.15) is 0 Å². The Morgan fingerprint density at radius 2 is 2.00 bits per heavy atom. The lowest BCUT2D eigenvalue weighted by molar-refractivity contribution is -0.00000496. The lowest BCUT2D eigenvalue weighted by Gasteiger charge is -2.13. The molecular weight excluding hydrogens is 365 g/mol. The highest BCUT2D eigenvalue weighted by molar-refractivity contribution is 7.98. The minimum atomic E-state index is -0.221. The predicted molar refractivity (Wildman–Crippen MR) is 86.7 cm³/mol. The number of thioether (sulfide) groups is 1. The second-order valence-electron chi connectivity index (χ2n) is 4.85. The number of hydrogen-bond acceptors (Lipinski definition) is 5. The fourth-order valence-corrected chi connectivity index (χ4v) is 2.72. The summed E-state index contributed by atoms with van der Waals surface area (Å²) in [7, 11) is 0. The van der Waals surface area contributed by atoms with Gasteiger partial charge in [-0.1, -0.05) is 61.3 Å². The van der Waals surface area contributed by atoms with Gasteiger partial charge in [0.2, 0.25) is 5.89 Å². The maximum absolute atomic E-state index is 6.07. The number of nitrogens with two attached hydrogens (primary N) is 1. The van der Waals surface area contributed by atoms with Crippen molar-refractivity contribution in [1.82, 2.24) is 10.2 Å². The van der Waals surface area contributed by atoms with E-state index in [1.807, 2.05) is 12.1 Å². The molecule has 1 unspecified atom stereocenters. The SMILES string of the molecule is CCC(C)[C@H](N)c1nnc(SCc2ccc(Cl)c(Cl)c2)o1.[Cl-]. The van der Waals surface area contributed by atoms with E-state index >= 15 is 0 Å². The van der Waals surface area contributed by atoms with Crippen LogP contribution in [0, 0.1) is 5.92 Å². The van der Waals surface area contributed by atoms with Gasteiger partial charge in [-0.3, -0.25) is 0 Å². The lowest BCUT2D eigenvalue weighted by atomic mass is 10.0. The molecule has 0 aliphatic rings. The van der Waals surface area contributed by atoms with Crippen LogP contribution in [0.2, 0.25) is 10.0 Å². The first-order valence-corrected chi connectivity index (χ1v) is 8.41. The maximum atomic E-state index is 6.07. The molecule has 0 fully saturated rings. The van der Waals surface area contributed by atoms with Crippen molar-refractivity contribution in [3.05, 3.63) is 39.7 Å². The van der Waals surface area contributed by atoms with Gasteiger partial charge in [0.1, 0.15) is 0 Å². The summed E-state index contributed by atoms with van der Waals surface area (Å²) < 4.78 is 5.60.